The van der Waals surface area contributed by atoms with Gasteiger partial charge in [-0.05, 0) is 13.8 Å². The summed E-state index contributed by atoms with van der Waals surface area (Å²) in [7, 11) is 1.50. The Bertz CT molecular complexity index is 253. The predicted molar refractivity (Wildman–Crippen MR) is 48.7 cm³/mol. The average Bonchev–Trinajstić information content (AvgIpc) is 2.39. The van der Waals surface area contributed by atoms with Crippen LogP contribution in [0.2, 0.25) is 0 Å². The first-order valence-electron chi connectivity index (χ1n) is 4.59. The lowest BCUT2D eigenvalue weighted by Gasteiger charge is -2.16. The molecular formula is C9H15NO4. The number of carboxylic acids is 1. The van der Waals surface area contributed by atoms with Gasteiger partial charge in [-0.2, -0.15) is 0 Å². The third-order valence-corrected chi connectivity index (χ3v) is 2.66. The highest BCUT2D eigenvalue weighted by Gasteiger charge is 2.47. The van der Waals surface area contributed by atoms with Crippen LogP contribution in [0.1, 0.15) is 13.8 Å². The van der Waals surface area contributed by atoms with Gasteiger partial charge in [0.2, 0.25) is 5.91 Å². The third kappa shape index (κ3) is 1.72. The number of carbonyl (C=O) groups is 2. The third-order valence-electron chi connectivity index (χ3n) is 2.66. The summed E-state index contributed by atoms with van der Waals surface area (Å²) in [6.07, 6.45) is -0.754. The van der Waals surface area contributed by atoms with Crippen molar-refractivity contribution in [1.29, 1.82) is 0 Å². The lowest BCUT2D eigenvalue weighted by molar-refractivity contribution is -0.146. The van der Waals surface area contributed by atoms with Gasteiger partial charge in [-0.3, -0.25) is 9.59 Å². The van der Waals surface area contributed by atoms with E-state index in [1.54, 1.807) is 13.8 Å². The van der Waals surface area contributed by atoms with E-state index in [0.717, 1.165) is 0 Å². The van der Waals surface area contributed by atoms with Gasteiger partial charge in [0.25, 0.3) is 0 Å². The number of hydrogen-bond donors (Lipinski definition) is 2. The standard InChI is InChI=1S/C9H15NO4/c1-4-6(8(11)10-3)7(9(12)13)5(2)14-4/h4-7H,1-3H3,(H,10,11)(H,12,13). The molecule has 5 heteroatoms. The Morgan fingerprint density at radius 1 is 1.21 bits per heavy atom. The highest BCUT2D eigenvalue weighted by Crippen LogP contribution is 2.32. The van der Waals surface area contributed by atoms with E-state index < -0.39 is 23.9 Å². The number of rotatable bonds is 2. The normalized spacial score (nSPS) is 36.8. The molecule has 0 aromatic carbocycles. The predicted octanol–water partition coefficient (Wildman–Crippen LogP) is -0.143. The zero-order valence-corrected chi connectivity index (χ0v) is 8.48. The molecule has 1 amide bonds. The number of aliphatic carboxylic acids is 1. The van der Waals surface area contributed by atoms with Crippen molar-refractivity contribution in [2.75, 3.05) is 7.05 Å². The minimum atomic E-state index is -0.976. The van der Waals surface area contributed by atoms with Gasteiger partial charge in [-0.25, -0.2) is 0 Å². The Labute approximate surface area is 82.4 Å². The van der Waals surface area contributed by atoms with Crippen LogP contribution < -0.4 is 5.32 Å². The number of amides is 1. The second-order valence-corrected chi connectivity index (χ2v) is 3.55. The van der Waals surface area contributed by atoms with Crippen molar-refractivity contribution in [3.05, 3.63) is 0 Å². The van der Waals surface area contributed by atoms with E-state index in [1.807, 2.05) is 0 Å². The summed E-state index contributed by atoms with van der Waals surface area (Å²) in [5.41, 5.74) is 0. The zero-order valence-electron chi connectivity index (χ0n) is 8.48. The van der Waals surface area contributed by atoms with Gasteiger partial charge in [0.15, 0.2) is 0 Å². The van der Waals surface area contributed by atoms with E-state index in [1.165, 1.54) is 7.05 Å². The van der Waals surface area contributed by atoms with Crippen molar-refractivity contribution in [1.82, 2.24) is 5.32 Å². The van der Waals surface area contributed by atoms with Crippen molar-refractivity contribution < 1.29 is 19.4 Å². The van der Waals surface area contributed by atoms with E-state index in [4.69, 9.17) is 9.84 Å². The largest absolute Gasteiger partial charge is 0.481 e. The Morgan fingerprint density at radius 2 is 1.71 bits per heavy atom. The molecule has 14 heavy (non-hydrogen) atoms. The molecule has 0 bridgehead atoms. The minimum absolute atomic E-state index is 0.269. The van der Waals surface area contributed by atoms with Gasteiger partial charge in [0.1, 0.15) is 0 Å². The summed E-state index contributed by atoms with van der Waals surface area (Å²) in [6, 6.07) is 0. The monoisotopic (exact) mass is 201 g/mol. The molecule has 0 radical (unpaired) electrons. The molecule has 4 atom stereocenters. The zero-order chi connectivity index (χ0) is 10.9. The molecule has 4 unspecified atom stereocenters. The molecule has 0 aromatic heterocycles. The minimum Gasteiger partial charge on any atom is -0.481 e. The first-order valence-corrected chi connectivity index (χ1v) is 4.59. The average molecular weight is 201 g/mol. The number of carbonyl (C=O) groups excluding carboxylic acids is 1. The van der Waals surface area contributed by atoms with E-state index >= 15 is 0 Å². The first kappa shape index (κ1) is 11.0. The van der Waals surface area contributed by atoms with Crippen LogP contribution in [0.15, 0.2) is 0 Å². The highest BCUT2D eigenvalue weighted by atomic mass is 16.5. The molecule has 2 N–H and O–H groups in total. The molecule has 80 valence electrons. The van der Waals surface area contributed by atoms with Crippen LogP contribution in [0.4, 0.5) is 0 Å². The maximum Gasteiger partial charge on any atom is 0.310 e. The maximum atomic E-state index is 11.4. The molecule has 1 saturated heterocycles. The SMILES string of the molecule is CNC(=O)C1C(C)OC(C)C1C(=O)O. The lowest BCUT2D eigenvalue weighted by atomic mass is 9.87. The maximum absolute atomic E-state index is 11.4. The molecule has 1 heterocycles. The summed E-state index contributed by atoms with van der Waals surface area (Å²) in [5.74, 6) is -2.58. The Kier molecular flexibility index (Phi) is 3.10. The topological polar surface area (TPSA) is 75.6 Å². The van der Waals surface area contributed by atoms with Gasteiger partial charge in [-0.15, -0.1) is 0 Å². The van der Waals surface area contributed by atoms with Gasteiger partial charge in [0.05, 0.1) is 24.0 Å². The van der Waals surface area contributed by atoms with Crippen LogP contribution in [-0.2, 0) is 14.3 Å². The van der Waals surface area contributed by atoms with Gasteiger partial charge in [0, 0.05) is 7.05 Å². The van der Waals surface area contributed by atoms with Crippen molar-refractivity contribution in [2.45, 2.75) is 26.1 Å². The van der Waals surface area contributed by atoms with Crippen LogP contribution in [0, 0.1) is 11.8 Å². The van der Waals surface area contributed by atoms with Gasteiger partial charge < -0.3 is 15.2 Å². The van der Waals surface area contributed by atoms with Crippen LogP contribution in [0.25, 0.3) is 0 Å². The van der Waals surface area contributed by atoms with E-state index in [9.17, 15) is 9.59 Å². The lowest BCUT2D eigenvalue weighted by Crippen LogP contribution is -2.39. The van der Waals surface area contributed by atoms with Crippen molar-refractivity contribution >= 4 is 11.9 Å². The molecule has 0 spiro atoms. The molecule has 1 fully saturated rings. The quantitative estimate of drug-likeness (QED) is 0.651. The fourth-order valence-electron chi connectivity index (χ4n) is 1.99. The smallest absolute Gasteiger partial charge is 0.310 e. The van der Waals surface area contributed by atoms with Gasteiger partial charge >= 0.3 is 5.97 Å². The fourth-order valence-corrected chi connectivity index (χ4v) is 1.99. The van der Waals surface area contributed by atoms with Crippen LogP contribution in [-0.4, -0.2) is 36.2 Å². The number of ether oxygens (including phenoxy) is 1. The highest BCUT2D eigenvalue weighted by molar-refractivity contribution is 5.85. The Morgan fingerprint density at radius 3 is 2.14 bits per heavy atom. The van der Waals surface area contributed by atoms with Crippen LogP contribution in [0.3, 0.4) is 0 Å². The molecular weight excluding hydrogens is 186 g/mol. The fraction of sp³-hybridized carbons (Fsp3) is 0.778. The Balaban J connectivity index is 2.89. The number of nitrogens with one attached hydrogen (secondary N) is 1. The molecule has 0 aliphatic carbocycles. The summed E-state index contributed by atoms with van der Waals surface area (Å²) in [5, 5.41) is 11.4. The molecule has 1 aliphatic heterocycles. The number of hydrogen-bond acceptors (Lipinski definition) is 3. The van der Waals surface area contributed by atoms with E-state index in [0.29, 0.717) is 0 Å². The number of carboxylic acid groups (broad SMARTS) is 1. The molecule has 1 aliphatic rings. The van der Waals surface area contributed by atoms with Crippen LogP contribution in [0.5, 0.6) is 0 Å². The second kappa shape index (κ2) is 3.96. The Hall–Kier alpha value is -1.10. The van der Waals surface area contributed by atoms with E-state index in [-0.39, 0.29) is 12.0 Å². The van der Waals surface area contributed by atoms with E-state index in [2.05, 4.69) is 5.32 Å². The molecule has 1 rings (SSSR count). The van der Waals surface area contributed by atoms with Crippen molar-refractivity contribution in [2.24, 2.45) is 11.8 Å². The summed E-state index contributed by atoms with van der Waals surface area (Å²) >= 11 is 0. The second-order valence-electron chi connectivity index (χ2n) is 3.55. The molecule has 0 saturated carbocycles. The van der Waals surface area contributed by atoms with Crippen molar-refractivity contribution in [3.8, 4) is 0 Å². The summed E-state index contributed by atoms with van der Waals surface area (Å²) in [4.78, 5) is 22.4. The van der Waals surface area contributed by atoms with Crippen LogP contribution >= 0.6 is 0 Å². The van der Waals surface area contributed by atoms with Gasteiger partial charge in [-0.1, -0.05) is 0 Å². The summed E-state index contributed by atoms with van der Waals surface area (Å²) in [6.45, 7) is 3.40. The molecule has 0 aromatic rings. The first-order chi connectivity index (χ1) is 6.49. The van der Waals surface area contributed by atoms with Crippen molar-refractivity contribution in [3.63, 3.8) is 0 Å². The molecule has 5 nitrogen and oxygen atoms in total. The summed E-state index contributed by atoms with van der Waals surface area (Å²) < 4.78 is 5.33.